The van der Waals surface area contributed by atoms with Gasteiger partial charge in [0.25, 0.3) is 0 Å². The minimum absolute atomic E-state index is 0. The van der Waals surface area contributed by atoms with E-state index in [1.54, 1.807) is 26.2 Å². The average Bonchev–Trinajstić information content (AvgIpc) is 3.24. The van der Waals surface area contributed by atoms with Crippen molar-refractivity contribution in [2.45, 2.75) is 39.2 Å². The molecule has 0 atom stereocenters. The molecule has 1 aromatic rings. The molecule has 1 aromatic carbocycles. The number of carbonyl (C=O) groups excluding carboxylic acids is 1. The van der Waals surface area contributed by atoms with Crippen LogP contribution in [0.3, 0.4) is 0 Å². The third-order valence-electron chi connectivity index (χ3n) is 5.57. The number of hydrogen-bond acceptors (Lipinski definition) is 5. The Bertz CT molecular complexity index is 724. The quantitative estimate of drug-likeness (QED) is 0.281. The number of benzene rings is 1. The highest BCUT2D eigenvalue weighted by Crippen LogP contribution is 2.39. The van der Waals surface area contributed by atoms with Crippen molar-refractivity contribution >= 4 is 35.8 Å². The Morgan fingerprint density at radius 3 is 2.10 bits per heavy atom. The van der Waals surface area contributed by atoms with Gasteiger partial charge in [-0.05, 0) is 19.8 Å². The lowest BCUT2D eigenvalue weighted by Gasteiger charge is -2.31. The zero-order valence-corrected chi connectivity index (χ0v) is 21.9. The molecule has 2 rings (SSSR count). The fraction of sp³-hybridized carbons (Fsp3) is 0.636. The molecule has 0 unspecified atom stereocenters. The van der Waals surface area contributed by atoms with Crippen molar-refractivity contribution in [3.05, 3.63) is 17.7 Å². The molecule has 176 valence electrons. The summed E-state index contributed by atoms with van der Waals surface area (Å²) in [6, 6.07) is 3.63. The lowest BCUT2D eigenvalue weighted by Crippen LogP contribution is -2.49. The van der Waals surface area contributed by atoms with Crippen molar-refractivity contribution in [1.82, 2.24) is 15.5 Å². The highest BCUT2D eigenvalue weighted by molar-refractivity contribution is 14.0. The van der Waals surface area contributed by atoms with Crippen LogP contribution in [-0.4, -0.2) is 65.3 Å². The minimum atomic E-state index is -0.366. The molecule has 1 fully saturated rings. The fourth-order valence-electron chi connectivity index (χ4n) is 3.98. The average molecular weight is 548 g/mol. The first kappa shape index (κ1) is 27.1. The molecule has 0 aliphatic heterocycles. The molecule has 0 radical (unpaired) electrons. The Balaban J connectivity index is 0.00000480. The zero-order chi connectivity index (χ0) is 22.1. The Morgan fingerprint density at radius 1 is 1.06 bits per heavy atom. The zero-order valence-electron chi connectivity index (χ0n) is 19.5. The van der Waals surface area contributed by atoms with Crippen LogP contribution < -0.4 is 24.8 Å². The van der Waals surface area contributed by atoms with E-state index in [1.165, 1.54) is 0 Å². The number of nitrogens with zero attached hydrogens (tertiary/aromatic N) is 2. The SMILES string of the molecule is CCNC(=NCc1c(OC)cc(OC)cc1OC)NCC1(C(=O)N(C)C)CCCC1.I. The number of methoxy groups -OCH3 is 3. The van der Waals surface area contributed by atoms with Crippen LogP contribution in [0.25, 0.3) is 0 Å². The van der Waals surface area contributed by atoms with Gasteiger partial charge in [-0.25, -0.2) is 4.99 Å². The maximum atomic E-state index is 12.8. The van der Waals surface area contributed by atoms with Gasteiger partial charge in [-0.15, -0.1) is 24.0 Å². The number of rotatable bonds is 9. The number of guanidine groups is 1. The van der Waals surface area contributed by atoms with Crippen molar-refractivity contribution in [3.8, 4) is 17.2 Å². The van der Waals surface area contributed by atoms with Gasteiger partial charge in [0.15, 0.2) is 5.96 Å². The first-order valence-corrected chi connectivity index (χ1v) is 10.4. The molecule has 0 spiro atoms. The summed E-state index contributed by atoms with van der Waals surface area (Å²) in [5.74, 6) is 2.81. The Kier molecular flexibility index (Phi) is 11.2. The summed E-state index contributed by atoms with van der Waals surface area (Å²) >= 11 is 0. The van der Waals surface area contributed by atoms with E-state index >= 15 is 0 Å². The predicted molar refractivity (Wildman–Crippen MR) is 134 cm³/mol. The van der Waals surface area contributed by atoms with E-state index in [2.05, 4.69) is 10.6 Å². The van der Waals surface area contributed by atoms with Crippen molar-refractivity contribution in [2.75, 3.05) is 48.5 Å². The van der Waals surface area contributed by atoms with E-state index in [0.717, 1.165) is 37.8 Å². The lowest BCUT2D eigenvalue weighted by atomic mass is 9.84. The number of halogens is 1. The second kappa shape index (κ2) is 12.8. The van der Waals surface area contributed by atoms with E-state index < -0.39 is 0 Å². The Labute approximate surface area is 203 Å². The molecule has 0 bridgehead atoms. The number of hydrogen-bond donors (Lipinski definition) is 2. The summed E-state index contributed by atoms with van der Waals surface area (Å²) in [5.41, 5.74) is 0.466. The highest BCUT2D eigenvalue weighted by atomic mass is 127. The third kappa shape index (κ3) is 6.78. The highest BCUT2D eigenvalue weighted by Gasteiger charge is 2.42. The fourth-order valence-corrected chi connectivity index (χ4v) is 3.98. The lowest BCUT2D eigenvalue weighted by molar-refractivity contribution is -0.138. The number of ether oxygens (including phenoxy) is 3. The number of nitrogens with one attached hydrogen (secondary N) is 2. The molecule has 1 amide bonds. The molecule has 1 aliphatic rings. The number of amides is 1. The van der Waals surface area contributed by atoms with Crippen LogP contribution in [0.2, 0.25) is 0 Å². The summed E-state index contributed by atoms with van der Waals surface area (Å²) in [6.07, 6.45) is 3.96. The molecular weight excluding hydrogens is 511 g/mol. The van der Waals surface area contributed by atoms with E-state index in [-0.39, 0.29) is 35.3 Å². The van der Waals surface area contributed by atoms with Crippen LogP contribution in [0.4, 0.5) is 0 Å². The van der Waals surface area contributed by atoms with Gasteiger partial charge in [-0.2, -0.15) is 0 Å². The molecule has 31 heavy (non-hydrogen) atoms. The monoisotopic (exact) mass is 548 g/mol. The standard InChI is InChI=1S/C22H36N4O4.HI/c1-7-23-21(25-15-22(10-8-9-11-22)20(27)26(2)3)24-14-17-18(29-5)12-16(28-4)13-19(17)30-6;/h12-13H,7-11,14-15H2,1-6H3,(H2,23,24,25);1H. The summed E-state index contributed by atoms with van der Waals surface area (Å²) in [4.78, 5) is 19.2. The van der Waals surface area contributed by atoms with Gasteiger partial charge in [0.05, 0.1) is 38.9 Å². The van der Waals surface area contributed by atoms with Crippen molar-refractivity contribution in [3.63, 3.8) is 0 Å². The summed E-state index contributed by atoms with van der Waals surface area (Å²) in [5, 5.41) is 6.66. The molecule has 0 aromatic heterocycles. The summed E-state index contributed by atoms with van der Waals surface area (Å²) < 4.78 is 16.3. The number of carbonyl (C=O) groups is 1. The molecule has 9 heteroatoms. The molecule has 1 saturated carbocycles. The van der Waals surface area contributed by atoms with E-state index in [1.807, 2.05) is 33.2 Å². The topological polar surface area (TPSA) is 84.4 Å². The van der Waals surface area contributed by atoms with Gasteiger partial charge in [-0.1, -0.05) is 12.8 Å². The van der Waals surface area contributed by atoms with Gasteiger partial charge < -0.3 is 29.7 Å². The summed E-state index contributed by atoms with van der Waals surface area (Å²) in [7, 11) is 8.48. The molecule has 2 N–H and O–H groups in total. The Morgan fingerprint density at radius 2 is 1.65 bits per heavy atom. The van der Waals surface area contributed by atoms with E-state index in [0.29, 0.717) is 36.3 Å². The smallest absolute Gasteiger partial charge is 0.230 e. The van der Waals surface area contributed by atoms with Crippen LogP contribution in [0.5, 0.6) is 17.2 Å². The van der Waals surface area contributed by atoms with Crippen molar-refractivity contribution in [1.29, 1.82) is 0 Å². The van der Waals surface area contributed by atoms with Gasteiger partial charge in [0, 0.05) is 39.3 Å². The van der Waals surface area contributed by atoms with Gasteiger partial charge >= 0.3 is 0 Å². The van der Waals surface area contributed by atoms with Crippen LogP contribution in [-0.2, 0) is 11.3 Å². The third-order valence-corrected chi connectivity index (χ3v) is 5.57. The van der Waals surface area contributed by atoms with Gasteiger partial charge in [0.1, 0.15) is 17.2 Å². The first-order valence-electron chi connectivity index (χ1n) is 10.4. The van der Waals surface area contributed by atoms with Crippen LogP contribution in [0.15, 0.2) is 17.1 Å². The first-order chi connectivity index (χ1) is 14.4. The molecule has 0 saturated heterocycles. The predicted octanol–water partition coefficient (Wildman–Crippen LogP) is 3.03. The van der Waals surface area contributed by atoms with E-state index in [9.17, 15) is 4.79 Å². The largest absolute Gasteiger partial charge is 0.496 e. The van der Waals surface area contributed by atoms with E-state index in [4.69, 9.17) is 19.2 Å². The normalized spacial score (nSPS) is 15.0. The van der Waals surface area contributed by atoms with Gasteiger partial charge in [0.2, 0.25) is 5.91 Å². The van der Waals surface area contributed by atoms with Crippen molar-refractivity contribution in [2.24, 2.45) is 10.4 Å². The maximum Gasteiger partial charge on any atom is 0.230 e. The van der Waals surface area contributed by atoms with Gasteiger partial charge in [-0.3, -0.25) is 4.79 Å². The molecule has 1 aliphatic carbocycles. The Hall–Kier alpha value is -1.91. The van der Waals surface area contributed by atoms with Crippen LogP contribution >= 0.6 is 24.0 Å². The van der Waals surface area contributed by atoms with Crippen molar-refractivity contribution < 1.29 is 19.0 Å². The number of aliphatic imine (C=N–C) groups is 1. The maximum absolute atomic E-state index is 12.8. The molecular formula is C22H37IN4O4. The summed E-state index contributed by atoms with van der Waals surface area (Å²) in [6.45, 7) is 3.66. The van der Waals surface area contributed by atoms with Crippen LogP contribution in [0.1, 0.15) is 38.2 Å². The second-order valence-corrected chi connectivity index (χ2v) is 7.75. The minimum Gasteiger partial charge on any atom is -0.496 e. The second-order valence-electron chi connectivity index (χ2n) is 7.75. The molecule has 0 heterocycles. The molecule has 8 nitrogen and oxygen atoms in total. The van der Waals surface area contributed by atoms with Crippen LogP contribution in [0, 0.1) is 5.41 Å².